The minimum Gasteiger partial charge on any atom is -0.481 e. The molecule has 2 rings (SSSR count). The smallest absolute Gasteiger partial charge is 0.317 e. The largest absolute Gasteiger partial charge is 0.481 e. The third kappa shape index (κ3) is 3.24. The molecule has 2 N–H and O–H groups in total. The van der Waals surface area contributed by atoms with E-state index in [0.717, 1.165) is 11.5 Å². The number of aryl methyl sites for hydroxylation is 2. The highest BCUT2D eigenvalue weighted by Gasteiger charge is 2.31. The second-order valence-electron chi connectivity index (χ2n) is 4.78. The summed E-state index contributed by atoms with van der Waals surface area (Å²) >= 11 is 0. The van der Waals surface area contributed by atoms with Gasteiger partial charge in [0.05, 0.1) is 18.7 Å². The lowest BCUT2D eigenvalue weighted by Gasteiger charge is -2.38. The van der Waals surface area contributed by atoms with Crippen LogP contribution in [0.5, 0.6) is 0 Å². The predicted octanol–water partition coefficient (Wildman–Crippen LogP) is 0.908. The first kappa shape index (κ1) is 13.4. The average molecular weight is 267 g/mol. The third-order valence-electron chi connectivity index (χ3n) is 3.17. The van der Waals surface area contributed by atoms with E-state index in [9.17, 15) is 9.59 Å². The van der Waals surface area contributed by atoms with Gasteiger partial charge < -0.3 is 19.7 Å². The Morgan fingerprint density at radius 2 is 2.16 bits per heavy atom. The van der Waals surface area contributed by atoms with E-state index >= 15 is 0 Å². The maximum Gasteiger partial charge on any atom is 0.317 e. The van der Waals surface area contributed by atoms with Gasteiger partial charge in [-0.2, -0.15) is 0 Å². The highest BCUT2D eigenvalue weighted by Crippen LogP contribution is 2.18. The van der Waals surface area contributed by atoms with Crippen LogP contribution in [0.15, 0.2) is 4.42 Å². The number of carbonyl (C=O) groups excluding carboxylic acids is 1. The molecule has 0 unspecified atom stereocenters. The zero-order chi connectivity index (χ0) is 14.0. The lowest BCUT2D eigenvalue weighted by atomic mass is 9.97. The van der Waals surface area contributed by atoms with Crippen molar-refractivity contribution in [2.24, 2.45) is 5.92 Å². The maximum atomic E-state index is 11.7. The average Bonchev–Trinajstić information content (AvgIpc) is 2.59. The number of nitrogens with one attached hydrogen (secondary N) is 1. The van der Waals surface area contributed by atoms with Crippen LogP contribution in [-0.4, -0.2) is 40.1 Å². The Labute approximate surface area is 110 Å². The zero-order valence-corrected chi connectivity index (χ0v) is 11.0. The summed E-state index contributed by atoms with van der Waals surface area (Å²) in [5.74, 6) is 0.464. The number of rotatable bonds is 4. The van der Waals surface area contributed by atoms with Gasteiger partial charge in [-0.15, -0.1) is 0 Å². The van der Waals surface area contributed by atoms with Crippen molar-refractivity contribution in [1.29, 1.82) is 0 Å². The number of aliphatic carboxylic acids is 1. The molecule has 0 atom stereocenters. The molecule has 0 radical (unpaired) electrons. The molecule has 2 heterocycles. The Kier molecular flexibility index (Phi) is 3.73. The SMILES string of the molecule is Cc1nc(CNC(=O)N2CC(CC(=O)O)C2)oc1C. The van der Waals surface area contributed by atoms with Gasteiger partial charge in [0.1, 0.15) is 5.76 Å². The van der Waals surface area contributed by atoms with Crippen molar-refractivity contribution in [2.75, 3.05) is 13.1 Å². The number of hydrogen-bond acceptors (Lipinski definition) is 4. The maximum absolute atomic E-state index is 11.7. The fraction of sp³-hybridized carbons (Fsp3) is 0.583. The fourth-order valence-corrected chi connectivity index (χ4v) is 1.99. The summed E-state index contributed by atoms with van der Waals surface area (Å²) < 4.78 is 5.35. The van der Waals surface area contributed by atoms with Crippen molar-refractivity contribution in [2.45, 2.75) is 26.8 Å². The molecule has 0 aliphatic carbocycles. The van der Waals surface area contributed by atoms with Crippen molar-refractivity contribution < 1.29 is 19.1 Å². The lowest BCUT2D eigenvalue weighted by molar-refractivity contribution is -0.139. The van der Waals surface area contributed by atoms with E-state index in [1.165, 1.54) is 0 Å². The Bertz CT molecular complexity index is 472. The van der Waals surface area contributed by atoms with E-state index in [4.69, 9.17) is 9.52 Å². The number of amides is 2. The van der Waals surface area contributed by atoms with Crippen LogP contribution < -0.4 is 5.32 Å². The lowest BCUT2D eigenvalue weighted by Crippen LogP contribution is -2.54. The van der Waals surface area contributed by atoms with E-state index < -0.39 is 5.97 Å². The normalized spacial score (nSPS) is 15.2. The summed E-state index contributed by atoms with van der Waals surface area (Å²) in [6.45, 7) is 4.88. The van der Waals surface area contributed by atoms with Crippen LogP contribution in [-0.2, 0) is 11.3 Å². The van der Waals surface area contributed by atoms with Crippen LogP contribution in [0.2, 0.25) is 0 Å². The van der Waals surface area contributed by atoms with Crippen molar-refractivity contribution >= 4 is 12.0 Å². The molecular weight excluding hydrogens is 250 g/mol. The predicted molar refractivity (Wildman–Crippen MR) is 65.5 cm³/mol. The summed E-state index contributed by atoms with van der Waals surface area (Å²) in [4.78, 5) is 27.9. The standard InChI is InChI=1S/C12H17N3O4/c1-7-8(2)19-10(14-7)4-13-12(18)15-5-9(6-15)3-11(16)17/h9H,3-6H2,1-2H3,(H,13,18)(H,16,17). The van der Waals surface area contributed by atoms with Gasteiger partial charge in [0, 0.05) is 19.0 Å². The first-order valence-electron chi connectivity index (χ1n) is 6.13. The number of aromatic nitrogens is 1. The summed E-state index contributed by atoms with van der Waals surface area (Å²) in [6, 6.07) is -0.213. The number of urea groups is 1. The van der Waals surface area contributed by atoms with Crippen molar-refractivity contribution in [3.05, 3.63) is 17.3 Å². The van der Waals surface area contributed by atoms with Crippen molar-refractivity contribution in [3.8, 4) is 0 Å². The number of hydrogen-bond donors (Lipinski definition) is 2. The van der Waals surface area contributed by atoms with Gasteiger partial charge in [-0.3, -0.25) is 4.79 Å². The van der Waals surface area contributed by atoms with Gasteiger partial charge in [-0.25, -0.2) is 9.78 Å². The minimum atomic E-state index is -0.823. The number of carboxylic acid groups (broad SMARTS) is 1. The molecule has 104 valence electrons. The van der Waals surface area contributed by atoms with Gasteiger partial charge in [0.15, 0.2) is 0 Å². The first-order chi connectivity index (χ1) is 8.95. The van der Waals surface area contributed by atoms with E-state index in [-0.39, 0.29) is 24.9 Å². The number of carboxylic acids is 1. The van der Waals surface area contributed by atoms with E-state index in [0.29, 0.717) is 19.0 Å². The van der Waals surface area contributed by atoms with Gasteiger partial charge in [0.25, 0.3) is 0 Å². The highest BCUT2D eigenvalue weighted by molar-refractivity contribution is 5.75. The van der Waals surface area contributed by atoms with Crippen molar-refractivity contribution in [3.63, 3.8) is 0 Å². The molecule has 7 heteroatoms. The van der Waals surface area contributed by atoms with Crippen molar-refractivity contribution in [1.82, 2.24) is 15.2 Å². The molecular formula is C12H17N3O4. The van der Waals surface area contributed by atoms with E-state index in [2.05, 4.69) is 10.3 Å². The molecule has 2 amide bonds. The first-order valence-corrected chi connectivity index (χ1v) is 6.13. The molecule has 1 aromatic rings. The summed E-state index contributed by atoms with van der Waals surface area (Å²) in [5, 5.41) is 11.3. The van der Waals surface area contributed by atoms with Crippen LogP contribution in [0, 0.1) is 19.8 Å². The highest BCUT2D eigenvalue weighted by atomic mass is 16.4. The molecule has 1 aliphatic rings. The molecule has 1 fully saturated rings. The molecule has 1 aromatic heterocycles. The van der Waals surface area contributed by atoms with Crippen LogP contribution in [0.3, 0.4) is 0 Å². The van der Waals surface area contributed by atoms with Gasteiger partial charge in [-0.1, -0.05) is 0 Å². The molecule has 7 nitrogen and oxygen atoms in total. The molecule has 1 saturated heterocycles. The molecule has 1 aliphatic heterocycles. The zero-order valence-electron chi connectivity index (χ0n) is 11.0. The topological polar surface area (TPSA) is 95.7 Å². The molecule has 0 aromatic carbocycles. The fourth-order valence-electron chi connectivity index (χ4n) is 1.99. The number of oxazole rings is 1. The van der Waals surface area contributed by atoms with Crippen LogP contribution in [0.1, 0.15) is 23.8 Å². The van der Waals surface area contributed by atoms with Gasteiger partial charge in [0.2, 0.25) is 5.89 Å². The number of likely N-dealkylation sites (tertiary alicyclic amines) is 1. The van der Waals surface area contributed by atoms with Crippen LogP contribution >= 0.6 is 0 Å². The Hall–Kier alpha value is -2.05. The quantitative estimate of drug-likeness (QED) is 0.845. The van der Waals surface area contributed by atoms with E-state index in [1.54, 1.807) is 4.90 Å². The Morgan fingerprint density at radius 1 is 1.47 bits per heavy atom. The van der Waals surface area contributed by atoms with Gasteiger partial charge in [-0.05, 0) is 13.8 Å². The van der Waals surface area contributed by atoms with E-state index in [1.807, 2.05) is 13.8 Å². The minimum absolute atomic E-state index is 0.0643. The monoisotopic (exact) mass is 267 g/mol. The molecule has 0 saturated carbocycles. The second-order valence-corrected chi connectivity index (χ2v) is 4.78. The summed E-state index contributed by atoms with van der Waals surface area (Å²) in [6.07, 6.45) is 0.113. The van der Waals surface area contributed by atoms with Gasteiger partial charge >= 0.3 is 12.0 Å². The Balaban J connectivity index is 1.73. The summed E-state index contributed by atoms with van der Waals surface area (Å²) in [7, 11) is 0. The van der Waals surface area contributed by atoms with Crippen LogP contribution in [0.25, 0.3) is 0 Å². The third-order valence-corrected chi connectivity index (χ3v) is 3.17. The number of carbonyl (C=O) groups is 2. The Morgan fingerprint density at radius 3 is 2.68 bits per heavy atom. The molecule has 0 bridgehead atoms. The number of nitrogens with zero attached hydrogens (tertiary/aromatic N) is 2. The summed E-state index contributed by atoms with van der Waals surface area (Å²) in [5.41, 5.74) is 0.815. The molecule has 0 spiro atoms. The van der Waals surface area contributed by atoms with Crippen LogP contribution in [0.4, 0.5) is 4.79 Å². The second kappa shape index (κ2) is 5.29. The molecule has 19 heavy (non-hydrogen) atoms.